The average Bonchev–Trinajstić information content (AvgIpc) is 3.11. The van der Waals surface area contributed by atoms with Crippen LogP contribution < -0.4 is 9.55 Å². The molecule has 2 aromatic heterocycles. The predicted molar refractivity (Wildman–Crippen MR) is 111 cm³/mol. The normalized spacial score (nSPS) is 26.2. The molecule has 0 spiro atoms. The Labute approximate surface area is 164 Å². The fourth-order valence-electron chi connectivity index (χ4n) is 3.02. The summed E-state index contributed by atoms with van der Waals surface area (Å²) in [4.78, 5) is 0. The molecule has 2 aromatic rings. The monoisotopic (exact) mass is 392 g/mol. The molecule has 2 aliphatic rings. The van der Waals surface area contributed by atoms with Gasteiger partial charge in [0.2, 0.25) is 0 Å². The van der Waals surface area contributed by atoms with Gasteiger partial charge in [-0.15, -0.1) is 22.7 Å². The summed E-state index contributed by atoms with van der Waals surface area (Å²) >= 11 is 3.45. The van der Waals surface area contributed by atoms with E-state index in [1.807, 2.05) is 0 Å². The molecular weight excluding hydrogens is 366 g/mol. The van der Waals surface area contributed by atoms with E-state index in [4.69, 9.17) is 18.6 Å². The quantitative estimate of drug-likeness (QED) is 0.733. The van der Waals surface area contributed by atoms with Gasteiger partial charge in [-0.25, -0.2) is 0 Å². The number of thiophene rings is 2. The smallest absolute Gasteiger partial charge is 0.399 e. The van der Waals surface area contributed by atoms with Crippen molar-refractivity contribution in [3.8, 4) is 0 Å². The lowest BCUT2D eigenvalue weighted by Crippen LogP contribution is -2.41. The van der Waals surface area contributed by atoms with Crippen molar-refractivity contribution in [1.82, 2.24) is 0 Å². The largest absolute Gasteiger partial charge is 0.505 e. The van der Waals surface area contributed by atoms with Crippen LogP contribution in [0.15, 0.2) is 12.1 Å². The molecule has 26 heavy (non-hydrogen) atoms. The summed E-state index contributed by atoms with van der Waals surface area (Å²) < 4.78 is 29.4. The van der Waals surface area contributed by atoms with E-state index >= 15 is 0 Å². The summed E-state index contributed by atoms with van der Waals surface area (Å²) in [5, 5.41) is 0. The first-order valence-electron chi connectivity index (χ1n) is 9.06. The molecule has 0 bridgehead atoms. The minimum absolute atomic E-state index is 0.301. The maximum atomic E-state index is 6.18. The Bertz CT molecular complexity index is 724. The zero-order valence-electron chi connectivity index (χ0n) is 16.8. The minimum atomic E-state index is -0.317. The van der Waals surface area contributed by atoms with E-state index in [1.165, 1.54) is 9.40 Å². The standard InChI is InChI=1S/C18H26B2O4S2/c1-15(2)16(3,4)22-19(21-15)13-9-11-12(25-13)10-14(26-11)20-23-17(5,6)18(7,8)24-20/h9-10H,1-8H3. The van der Waals surface area contributed by atoms with Crippen molar-refractivity contribution < 1.29 is 18.6 Å². The highest BCUT2D eigenvalue weighted by Gasteiger charge is 2.53. The Hall–Kier alpha value is -0.370. The van der Waals surface area contributed by atoms with Crippen molar-refractivity contribution >= 4 is 55.9 Å². The third-order valence-corrected chi connectivity index (χ3v) is 8.55. The molecule has 0 radical (unpaired) electrons. The van der Waals surface area contributed by atoms with Crippen LogP contribution in [0.1, 0.15) is 55.4 Å². The molecule has 2 saturated heterocycles. The first kappa shape index (κ1) is 19.0. The van der Waals surface area contributed by atoms with E-state index in [0.717, 1.165) is 9.55 Å². The molecule has 0 unspecified atom stereocenters. The van der Waals surface area contributed by atoms with Gasteiger partial charge >= 0.3 is 14.2 Å². The highest BCUT2D eigenvalue weighted by Crippen LogP contribution is 2.39. The third-order valence-electron chi connectivity index (χ3n) is 6.22. The average molecular weight is 392 g/mol. The van der Waals surface area contributed by atoms with E-state index in [2.05, 4.69) is 67.5 Å². The Morgan fingerprint density at radius 1 is 0.577 bits per heavy atom. The fourth-order valence-corrected chi connectivity index (χ4v) is 5.36. The molecule has 0 aromatic carbocycles. The molecule has 0 atom stereocenters. The molecule has 4 heterocycles. The lowest BCUT2D eigenvalue weighted by Gasteiger charge is -2.32. The molecule has 140 valence electrons. The number of hydrogen-bond donors (Lipinski definition) is 0. The van der Waals surface area contributed by atoms with Crippen LogP contribution in [0.2, 0.25) is 0 Å². The second kappa shape index (κ2) is 5.58. The first-order valence-corrected chi connectivity index (χ1v) is 10.7. The van der Waals surface area contributed by atoms with Gasteiger partial charge in [0.15, 0.2) is 0 Å². The summed E-state index contributed by atoms with van der Waals surface area (Å²) in [6.07, 6.45) is 0. The van der Waals surface area contributed by atoms with Gasteiger partial charge in [-0.2, -0.15) is 0 Å². The lowest BCUT2D eigenvalue weighted by molar-refractivity contribution is 0.00578. The van der Waals surface area contributed by atoms with E-state index in [-0.39, 0.29) is 36.6 Å². The molecule has 2 aliphatic heterocycles. The number of fused-ring (bicyclic) bond motifs is 1. The maximum absolute atomic E-state index is 6.18. The second-order valence-electron chi connectivity index (χ2n) is 9.20. The summed E-state index contributed by atoms with van der Waals surface area (Å²) in [7, 11) is -0.602. The van der Waals surface area contributed by atoms with Crippen LogP contribution >= 0.6 is 22.7 Å². The summed E-state index contributed by atoms with van der Waals surface area (Å²) in [6, 6.07) is 4.36. The van der Waals surface area contributed by atoms with Crippen molar-refractivity contribution in [2.24, 2.45) is 0 Å². The molecule has 0 saturated carbocycles. The molecular formula is C18H26B2O4S2. The van der Waals surface area contributed by atoms with E-state index in [9.17, 15) is 0 Å². The summed E-state index contributed by atoms with van der Waals surface area (Å²) in [5.74, 6) is 0. The van der Waals surface area contributed by atoms with Gasteiger partial charge in [0.1, 0.15) is 0 Å². The lowest BCUT2D eigenvalue weighted by atomic mass is 9.88. The van der Waals surface area contributed by atoms with Crippen LogP contribution in [-0.2, 0) is 18.6 Å². The van der Waals surface area contributed by atoms with E-state index in [0.29, 0.717) is 0 Å². The molecule has 4 nitrogen and oxygen atoms in total. The van der Waals surface area contributed by atoms with Crippen LogP contribution in [0.4, 0.5) is 0 Å². The summed E-state index contributed by atoms with van der Waals surface area (Å²) in [5.41, 5.74) is -1.27. The Morgan fingerprint density at radius 3 is 1.12 bits per heavy atom. The van der Waals surface area contributed by atoms with Gasteiger partial charge < -0.3 is 18.6 Å². The molecule has 0 amide bonds. The Kier molecular flexibility index (Phi) is 4.07. The van der Waals surface area contributed by atoms with Gasteiger partial charge in [-0.1, -0.05) is 0 Å². The van der Waals surface area contributed by atoms with Crippen LogP contribution in [0.25, 0.3) is 9.40 Å². The van der Waals surface area contributed by atoms with E-state index in [1.54, 1.807) is 22.7 Å². The number of hydrogen-bond acceptors (Lipinski definition) is 6. The topological polar surface area (TPSA) is 36.9 Å². The molecule has 0 N–H and O–H groups in total. The van der Waals surface area contributed by atoms with Crippen LogP contribution in [0.3, 0.4) is 0 Å². The van der Waals surface area contributed by atoms with Crippen LogP contribution in [0.5, 0.6) is 0 Å². The molecule has 2 fully saturated rings. The first-order chi connectivity index (χ1) is 11.8. The zero-order valence-corrected chi connectivity index (χ0v) is 18.4. The van der Waals surface area contributed by atoms with Gasteiger partial charge in [0.05, 0.1) is 22.4 Å². The molecule has 8 heteroatoms. The van der Waals surface area contributed by atoms with Crippen LogP contribution in [-0.4, -0.2) is 36.6 Å². The second-order valence-corrected chi connectivity index (χ2v) is 11.4. The van der Waals surface area contributed by atoms with Crippen molar-refractivity contribution in [2.45, 2.75) is 77.8 Å². The fraction of sp³-hybridized carbons (Fsp3) is 0.667. The molecule has 4 rings (SSSR count). The third kappa shape index (κ3) is 2.81. The Morgan fingerprint density at radius 2 is 0.846 bits per heavy atom. The van der Waals surface area contributed by atoms with Crippen molar-refractivity contribution in [2.75, 3.05) is 0 Å². The van der Waals surface area contributed by atoms with Crippen LogP contribution in [0, 0.1) is 0 Å². The highest BCUT2D eigenvalue weighted by molar-refractivity contribution is 7.36. The van der Waals surface area contributed by atoms with Crippen molar-refractivity contribution in [3.63, 3.8) is 0 Å². The predicted octanol–water partition coefficient (Wildman–Crippen LogP) is 3.56. The van der Waals surface area contributed by atoms with Gasteiger partial charge in [0.25, 0.3) is 0 Å². The van der Waals surface area contributed by atoms with E-state index < -0.39 is 0 Å². The minimum Gasteiger partial charge on any atom is -0.399 e. The van der Waals surface area contributed by atoms with Gasteiger partial charge in [0, 0.05) is 19.0 Å². The zero-order chi connectivity index (χ0) is 19.1. The Balaban J connectivity index is 1.58. The maximum Gasteiger partial charge on any atom is 0.505 e. The van der Waals surface area contributed by atoms with Crippen molar-refractivity contribution in [3.05, 3.63) is 12.1 Å². The SMILES string of the molecule is CC1(C)OB(c2cc3sc(B4OC(C)(C)C(C)(C)O4)cc3s2)OC1(C)C. The highest BCUT2D eigenvalue weighted by atomic mass is 32.1. The summed E-state index contributed by atoms with van der Waals surface area (Å²) in [6.45, 7) is 16.7. The van der Waals surface area contributed by atoms with Gasteiger partial charge in [-0.05, 0) is 67.5 Å². The van der Waals surface area contributed by atoms with Crippen molar-refractivity contribution in [1.29, 1.82) is 0 Å². The van der Waals surface area contributed by atoms with Gasteiger partial charge in [-0.3, -0.25) is 0 Å². The number of rotatable bonds is 2. The molecule has 0 aliphatic carbocycles.